The number of hydrogen-bond acceptors (Lipinski definition) is 4. The highest BCUT2D eigenvalue weighted by Crippen LogP contribution is 2.31. The van der Waals surface area contributed by atoms with Gasteiger partial charge in [0.25, 0.3) is 0 Å². The van der Waals surface area contributed by atoms with E-state index >= 15 is 0 Å². The van der Waals surface area contributed by atoms with Crippen molar-refractivity contribution in [1.82, 2.24) is 4.98 Å². The Labute approximate surface area is 115 Å². The van der Waals surface area contributed by atoms with Crippen molar-refractivity contribution in [2.45, 2.75) is 20.3 Å². The second kappa shape index (κ2) is 5.40. The molecule has 2 rings (SSSR count). The highest BCUT2D eigenvalue weighted by atomic mass is 32.1. The molecule has 0 amide bonds. The molecule has 1 aromatic carbocycles. The second-order valence-corrected chi connectivity index (χ2v) is 5.37. The standard InChI is InChI=1S/C14H15NO3S/c1-8-6-10(4-5-11(8)18-3)14-15-9(2)12(19-14)7-13(16)17/h4-6H,7H2,1-3H3,(H,16,17). The van der Waals surface area contributed by atoms with Crippen molar-refractivity contribution in [3.8, 4) is 16.3 Å². The first-order valence-corrected chi connectivity index (χ1v) is 6.66. The third kappa shape index (κ3) is 2.93. The Morgan fingerprint density at radius 1 is 1.42 bits per heavy atom. The van der Waals surface area contributed by atoms with Crippen molar-refractivity contribution in [3.63, 3.8) is 0 Å². The summed E-state index contributed by atoms with van der Waals surface area (Å²) in [4.78, 5) is 16.0. The maximum absolute atomic E-state index is 10.8. The molecule has 5 heteroatoms. The average molecular weight is 277 g/mol. The zero-order valence-corrected chi connectivity index (χ0v) is 11.9. The minimum atomic E-state index is -0.829. The van der Waals surface area contributed by atoms with E-state index in [0.717, 1.165) is 32.5 Å². The van der Waals surface area contributed by atoms with E-state index in [1.165, 1.54) is 11.3 Å². The zero-order chi connectivity index (χ0) is 14.0. The van der Waals surface area contributed by atoms with Crippen LogP contribution in [0.1, 0.15) is 16.1 Å². The van der Waals surface area contributed by atoms with Crippen LogP contribution in [0.25, 0.3) is 10.6 Å². The number of aryl methyl sites for hydroxylation is 2. The lowest BCUT2D eigenvalue weighted by Gasteiger charge is -2.05. The van der Waals surface area contributed by atoms with Gasteiger partial charge < -0.3 is 9.84 Å². The van der Waals surface area contributed by atoms with Gasteiger partial charge in [0.2, 0.25) is 0 Å². The lowest BCUT2D eigenvalue weighted by Crippen LogP contribution is -1.99. The molecule has 4 nitrogen and oxygen atoms in total. The van der Waals surface area contributed by atoms with E-state index in [0.29, 0.717) is 0 Å². The number of benzene rings is 1. The largest absolute Gasteiger partial charge is 0.496 e. The fraction of sp³-hybridized carbons (Fsp3) is 0.286. The molecule has 2 aromatic rings. The number of hydrogen-bond donors (Lipinski definition) is 1. The summed E-state index contributed by atoms with van der Waals surface area (Å²) in [5.74, 6) is 0.00648. The minimum absolute atomic E-state index is 0.0264. The van der Waals surface area contributed by atoms with E-state index < -0.39 is 5.97 Å². The molecule has 0 bridgehead atoms. The van der Waals surface area contributed by atoms with Gasteiger partial charge in [-0.2, -0.15) is 0 Å². The van der Waals surface area contributed by atoms with Gasteiger partial charge in [-0.05, 0) is 37.6 Å². The lowest BCUT2D eigenvalue weighted by molar-refractivity contribution is -0.136. The van der Waals surface area contributed by atoms with Crippen LogP contribution < -0.4 is 4.74 Å². The van der Waals surface area contributed by atoms with Crippen LogP contribution in [0.3, 0.4) is 0 Å². The van der Waals surface area contributed by atoms with Crippen molar-refractivity contribution >= 4 is 17.3 Å². The molecule has 1 aromatic heterocycles. The Morgan fingerprint density at radius 2 is 2.16 bits per heavy atom. The molecule has 0 fully saturated rings. The van der Waals surface area contributed by atoms with Crippen LogP contribution in [0.15, 0.2) is 18.2 Å². The molecule has 0 saturated carbocycles. The van der Waals surface area contributed by atoms with E-state index in [-0.39, 0.29) is 6.42 Å². The number of aliphatic carboxylic acids is 1. The Morgan fingerprint density at radius 3 is 2.74 bits per heavy atom. The van der Waals surface area contributed by atoms with Gasteiger partial charge in [-0.3, -0.25) is 4.79 Å². The van der Waals surface area contributed by atoms with E-state index in [9.17, 15) is 4.79 Å². The van der Waals surface area contributed by atoms with E-state index in [2.05, 4.69) is 4.98 Å². The van der Waals surface area contributed by atoms with Crippen LogP contribution in [0.5, 0.6) is 5.75 Å². The molecule has 0 aliphatic carbocycles. The number of ether oxygens (including phenoxy) is 1. The molecule has 0 aliphatic heterocycles. The van der Waals surface area contributed by atoms with Crippen LogP contribution in [0, 0.1) is 13.8 Å². The van der Waals surface area contributed by atoms with Gasteiger partial charge in [0.05, 0.1) is 19.2 Å². The van der Waals surface area contributed by atoms with Gasteiger partial charge in [-0.15, -0.1) is 11.3 Å². The number of carbonyl (C=O) groups is 1. The molecule has 1 N–H and O–H groups in total. The summed E-state index contributed by atoms with van der Waals surface area (Å²) in [7, 11) is 1.64. The smallest absolute Gasteiger partial charge is 0.308 e. The first kappa shape index (κ1) is 13.5. The van der Waals surface area contributed by atoms with Crippen LogP contribution in [-0.2, 0) is 11.2 Å². The summed E-state index contributed by atoms with van der Waals surface area (Å²) >= 11 is 1.43. The van der Waals surface area contributed by atoms with Crippen LogP contribution in [0.4, 0.5) is 0 Å². The van der Waals surface area contributed by atoms with Gasteiger partial charge >= 0.3 is 5.97 Å². The molecule has 0 atom stereocenters. The Balaban J connectivity index is 2.37. The monoisotopic (exact) mass is 277 g/mol. The third-order valence-electron chi connectivity index (χ3n) is 2.85. The summed E-state index contributed by atoms with van der Waals surface area (Å²) < 4.78 is 5.22. The summed E-state index contributed by atoms with van der Waals surface area (Å²) in [6.07, 6.45) is 0.0264. The van der Waals surface area contributed by atoms with Gasteiger partial charge in [-0.1, -0.05) is 0 Å². The highest BCUT2D eigenvalue weighted by Gasteiger charge is 2.13. The minimum Gasteiger partial charge on any atom is -0.496 e. The Hall–Kier alpha value is -1.88. The summed E-state index contributed by atoms with van der Waals surface area (Å²) in [5.41, 5.74) is 2.81. The van der Waals surface area contributed by atoms with E-state index in [1.807, 2.05) is 32.0 Å². The maximum Gasteiger partial charge on any atom is 0.308 e. The van der Waals surface area contributed by atoms with Gasteiger partial charge in [0, 0.05) is 10.4 Å². The fourth-order valence-corrected chi connectivity index (χ4v) is 2.91. The first-order valence-electron chi connectivity index (χ1n) is 5.84. The van der Waals surface area contributed by atoms with Crippen LogP contribution in [-0.4, -0.2) is 23.2 Å². The molecule has 1 heterocycles. The van der Waals surface area contributed by atoms with Gasteiger partial charge in [0.1, 0.15) is 10.8 Å². The number of methoxy groups -OCH3 is 1. The number of thiazole rings is 1. The van der Waals surface area contributed by atoms with Crippen LogP contribution >= 0.6 is 11.3 Å². The third-order valence-corrected chi connectivity index (χ3v) is 4.05. The predicted octanol–water partition coefficient (Wildman–Crippen LogP) is 3.06. The summed E-state index contributed by atoms with van der Waals surface area (Å²) in [6, 6.07) is 5.84. The van der Waals surface area contributed by atoms with Crippen molar-refractivity contribution in [2.24, 2.45) is 0 Å². The molecule has 0 aliphatic rings. The molecule has 100 valence electrons. The van der Waals surface area contributed by atoms with Crippen molar-refractivity contribution in [1.29, 1.82) is 0 Å². The fourth-order valence-electron chi connectivity index (χ4n) is 1.86. The number of aromatic nitrogens is 1. The maximum atomic E-state index is 10.8. The predicted molar refractivity (Wildman–Crippen MR) is 74.9 cm³/mol. The van der Waals surface area contributed by atoms with Crippen LogP contribution in [0.2, 0.25) is 0 Å². The number of nitrogens with zero attached hydrogens (tertiary/aromatic N) is 1. The average Bonchev–Trinajstić information content (AvgIpc) is 2.70. The summed E-state index contributed by atoms with van der Waals surface area (Å²) in [6.45, 7) is 3.82. The molecule has 0 saturated heterocycles. The molecular formula is C14H15NO3S. The number of carboxylic acid groups (broad SMARTS) is 1. The SMILES string of the molecule is COc1ccc(-c2nc(C)c(CC(=O)O)s2)cc1C. The molecule has 0 spiro atoms. The molecule has 0 radical (unpaired) electrons. The first-order chi connectivity index (χ1) is 9.01. The van der Waals surface area contributed by atoms with Crippen molar-refractivity contribution in [3.05, 3.63) is 34.3 Å². The summed E-state index contributed by atoms with van der Waals surface area (Å²) in [5, 5.41) is 9.69. The number of carboxylic acids is 1. The Bertz CT molecular complexity index is 619. The molecule has 19 heavy (non-hydrogen) atoms. The van der Waals surface area contributed by atoms with Gasteiger partial charge in [0.15, 0.2) is 0 Å². The molecular weight excluding hydrogens is 262 g/mol. The lowest BCUT2D eigenvalue weighted by atomic mass is 10.1. The highest BCUT2D eigenvalue weighted by molar-refractivity contribution is 7.15. The van der Waals surface area contributed by atoms with Gasteiger partial charge in [-0.25, -0.2) is 4.98 Å². The topological polar surface area (TPSA) is 59.4 Å². The normalized spacial score (nSPS) is 10.5. The number of rotatable bonds is 4. The van der Waals surface area contributed by atoms with Crippen molar-refractivity contribution in [2.75, 3.05) is 7.11 Å². The second-order valence-electron chi connectivity index (χ2n) is 4.28. The van der Waals surface area contributed by atoms with Crippen molar-refractivity contribution < 1.29 is 14.6 Å². The van der Waals surface area contributed by atoms with E-state index in [1.54, 1.807) is 7.11 Å². The quantitative estimate of drug-likeness (QED) is 0.933. The Kier molecular flexibility index (Phi) is 3.85. The van der Waals surface area contributed by atoms with E-state index in [4.69, 9.17) is 9.84 Å². The molecule has 0 unspecified atom stereocenters. The zero-order valence-electron chi connectivity index (χ0n) is 11.1.